The summed E-state index contributed by atoms with van der Waals surface area (Å²) in [4.78, 5) is 29.5. The SMILES string of the molecule is CCNC(=O)C(Cc1ccccc1)N(Cc1cccc(C)c1)C(=O)CN(c1ccc(C)c(Cl)c1)S(=O)(=O)c1ccccc1. The topological polar surface area (TPSA) is 86.8 Å². The van der Waals surface area contributed by atoms with Gasteiger partial charge in [0, 0.05) is 24.5 Å². The van der Waals surface area contributed by atoms with Gasteiger partial charge in [-0.3, -0.25) is 13.9 Å². The highest BCUT2D eigenvalue weighted by Gasteiger charge is 2.34. The zero-order valence-electron chi connectivity index (χ0n) is 24.5. The second-order valence-electron chi connectivity index (χ2n) is 10.4. The fourth-order valence-corrected chi connectivity index (χ4v) is 6.44. The lowest BCUT2D eigenvalue weighted by Gasteiger charge is -2.34. The summed E-state index contributed by atoms with van der Waals surface area (Å²) >= 11 is 6.42. The van der Waals surface area contributed by atoms with Crippen molar-refractivity contribution in [3.05, 3.63) is 130 Å². The average molecular weight is 618 g/mol. The van der Waals surface area contributed by atoms with Gasteiger partial charge in [0.25, 0.3) is 10.0 Å². The standard InChI is InChI=1S/C34H36ClN3O4S/c1-4-36-34(40)32(21-27-13-7-5-8-14-27)37(23-28-15-11-12-25(2)20-28)33(39)24-38(29-19-18-26(3)31(35)22-29)43(41,42)30-16-9-6-10-17-30/h5-20,22,32H,4,21,23-24H2,1-3H3,(H,36,40). The maximum atomic E-state index is 14.4. The van der Waals surface area contributed by atoms with Crippen LogP contribution < -0.4 is 9.62 Å². The first-order valence-corrected chi connectivity index (χ1v) is 15.9. The molecule has 0 radical (unpaired) electrons. The number of hydrogen-bond acceptors (Lipinski definition) is 4. The highest BCUT2D eigenvalue weighted by Crippen LogP contribution is 2.29. The van der Waals surface area contributed by atoms with Gasteiger partial charge >= 0.3 is 0 Å². The monoisotopic (exact) mass is 617 g/mol. The minimum Gasteiger partial charge on any atom is -0.355 e. The number of nitrogens with zero attached hydrogens (tertiary/aromatic N) is 2. The first-order valence-electron chi connectivity index (χ1n) is 14.1. The number of sulfonamides is 1. The van der Waals surface area contributed by atoms with Gasteiger partial charge in [-0.1, -0.05) is 96.0 Å². The Labute approximate surface area is 259 Å². The zero-order chi connectivity index (χ0) is 31.0. The molecule has 1 N–H and O–H groups in total. The van der Waals surface area contributed by atoms with Crippen molar-refractivity contribution >= 4 is 39.1 Å². The Bertz CT molecular complexity index is 1660. The molecule has 1 unspecified atom stereocenters. The first kappa shape index (κ1) is 31.8. The summed E-state index contributed by atoms with van der Waals surface area (Å²) in [6.07, 6.45) is 0.256. The Morgan fingerprint density at radius 3 is 2.12 bits per heavy atom. The van der Waals surface area contributed by atoms with Gasteiger partial charge in [-0.15, -0.1) is 0 Å². The van der Waals surface area contributed by atoms with E-state index in [4.69, 9.17) is 11.6 Å². The van der Waals surface area contributed by atoms with E-state index >= 15 is 0 Å². The lowest BCUT2D eigenvalue weighted by molar-refractivity contribution is -0.140. The normalized spacial score (nSPS) is 11.9. The van der Waals surface area contributed by atoms with Crippen molar-refractivity contribution in [1.29, 1.82) is 0 Å². The number of rotatable bonds is 12. The molecule has 1 atom stereocenters. The number of nitrogens with one attached hydrogen (secondary N) is 1. The maximum Gasteiger partial charge on any atom is 0.264 e. The number of carbonyl (C=O) groups excluding carboxylic acids is 2. The van der Waals surface area contributed by atoms with E-state index in [1.807, 2.05) is 75.4 Å². The van der Waals surface area contributed by atoms with Crippen LogP contribution in [-0.2, 0) is 32.6 Å². The Balaban J connectivity index is 1.81. The van der Waals surface area contributed by atoms with Crippen LogP contribution in [0.1, 0.15) is 29.2 Å². The summed E-state index contributed by atoms with van der Waals surface area (Å²) in [6, 6.07) is 29.1. The molecule has 2 amide bonds. The van der Waals surface area contributed by atoms with Gasteiger partial charge in [-0.05, 0) is 61.7 Å². The van der Waals surface area contributed by atoms with Crippen LogP contribution in [0.4, 0.5) is 5.69 Å². The molecule has 0 saturated heterocycles. The fourth-order valence-electron chi connectivity index (χ4n) is 4.84. The molecule has 0 aromatic heterocycles. The molecule has 0 fully saturated rings. The number of carbonyl (C=O) groups is 2. The fraction of sp³-hybridized carbons (Fsp3) is 0.235. The van der Waals surface area contributed by atoms with Crippen molar-refractivity contribution in [2.24, 2.45) is 0 Å². The molecule has 0 bridgehead atoms. The zero-order valence-corrected chi connectivity index (χ0v) is 26.1. The predicted octanol–water partition coefficient (Wildman–Crippen LogP) is 5.93. The molecule has 0 heterocycles. The van der Waals surface area contributed by atoms with Crippen LogP contribution in [0, 0.1) is 13.8 Å². The van der Waals surface area contributed by atoms with Crippen molar-refractivity contribution in [3.8, 4) is 0 Å². The molecule has 7 nitrogen and oxygen atoms in total. The number of aryl methyl sites for hydroxylation is 2. The third-order valence-electron chi connectivity index (χ3n) is 7.11. The molecule has 224 valence electrons. The van der Waals surface area contributed by atoms with E-state index in [9.17, 15) is 18.0 Å². The molecule has 0 aliphatic rings. The van der Waals surface area contributed by atoms with E-state index in [-0.39, 0.29) is 29.5 Å². The van der Waals surface area contributed by atoms with Gasteiger partial charge in [0.15, 0.2) is 0 Å². The van der Waals surface area contributed by atoms with Crippen LogP contribution in [0.5, 0.6) is 0 Å². The molecule has 0 saturated carbocycles. The van der Waals surface area contributed by atoms with Crippen LogP contribution >= 0.6 is 11.6 Å². The van der Waals surface area contributed by atoms with Gasteiger partial charge in [0.05, 0.1) is 10.6 Å². The average Bonchev–Trinajstić information content (AvgIpc) is 3.00. The van der Waals surface area contributed by atoms with Gasteiger partial charge in [0.1, 0.15) is 12.6 Å². The third-order valence-corrected chi connectivity index (χ3v) is 9.31. The number of benzene rings is 4. The Kier molecular flexibility index (Phi) is 10.6. The van der Waals surface area contributed by atoms with Crippen LogP contribution in [-0.4, -0.2) is 44.3 Å². The molecule has 4 rings (SSSR count). The second-order valence-corrected chi connectivity index (χ2v) is 12.6. The van der Waals surface area contributed by atoms with E-state index in [0.29, 0.717) is 11.6 Å². The molecule has 0 spiro atoms. The van der Waals surface area contributed by atoms with E-state index in [2.05, 4.69) is 5.32 Å². The molecular weight excluding hydrogens is 582 g/mol. The lowest BCUT2D eigenvalue weighted by Crippen LogP contribution is -2.53. The van der Waals surface area contributed by atoms with E-state index in [1.54, 1.807) is 36.4 Å². The number of halogens is 1. The predicted molar refractivity (Wildman–Crippen MR) is 172 cm³/mol. The largest absolute Gasteiger partial charge is 0.355 e. The highest BCUT2D eigenvalue weighted by molar-refractivity contribution is 7.92. The molecule has 0 aliphatic heterocycles. The van der Waals surface area contributed by atoms with Gasteiger partial charge in [0.2, 0.25) is 11.8 Å². The lowest BCUT2D eigenvalue weighted by atomic mass is 10.0. The van der Waals surface area contributed by atoms with E-state index in [0.717, 1.165) is 26.6 Å². The second kappa shape index (κ2) is 14.4. The smallest absolute Gasteiger partial charge is 0.264 e. The molecule has 4 aromatic rings. The van der Waals surface area contributed by atoms with Gasteiger partial charge in [-0.2, -0.15) is 0 Å². The summed E-state index contributed by atoms with van der Waals surface area (Å²) in [5.41, 5.74) is 3.73. The number of hydrogen-bond donors (Lipinski definition) is 1. The highest BCUT2D eigenvalue weighted by atomic mass is 35.5. The molecule has 0 aliphatic carbocycles. The molecular formula is C34H36ClN3O4S. The Morgan fingerprint density at radius 1 is 0.837 bits per heavy atom. The maximum absolute atomic E-state index is 14.4. The van der Waals surface area contributed by atoms with Crippen molar-refractivity contribution in [3.63, 3.8) is 0 Å². The first-order chi connectivity index (χ1) is 20.6. The number of amides is 2. The van der Waals surface area contributed by atoms with Crippen molar-refractivity contribution < 1.29 is 18.0 Å². The van der Waals surface area contributed by atoms with Crippen LogP contribution in [0.15, 0.2) is 108 Å². The third kappa shape index (κ3) is 8.03. The van der Waals surface area contributed by atoms with E-state index in [1.165, 1.54) is 17.0 Å². The number of likely N-dealkylation sites (N-methyl/N-ethyl adjacent to an activating group) is 1. The Morgan fingerprint density at radius 2 is 1.49 bits per heavy atom. The van der Waals surface area contributed by atoms with Gasteiger partial charge in [-0.25, -0.2) is 8.42 Å². The summed E-state index contributed by atoms with van der Waals surface area (Å²) in [5.74, 6) is -0.840. The number of anilines is 1. The van der Waals surface area contributed by atoms with Crippen molar-refractivity contribution in [2.45, 2.75) is 44.7 Å². The summed E-state index contributed by atoms with van der Waals surface area (Å²) in [6.45, 7) is 5.55. The minimum atomic E-state index is -4.18. The van der Waals surface area contributed by atoms with Crippen LogP contribution in [0.2, 0.25) is 5.02 Å². The van der Waals surface area contributed by atoms with Crippen molar-refractivity contribution in [2.75, 3.05) is 17.4 Å². The molecule has 9 heteroatoms. The minimum absolute atomic E-state index is 0.0364. The molecule has 43 heavy (non-hydrogen) atoms. The van der Waals surface area contributed by atoms with Crippen LogP contribution in [0.25, 0.3) is 0 Å². The molecule has 4 aromatic carbocycles. The summed E-state index contributed by atoms with van der Waals surface area (Å²) in [7, 11) is -4.18. The van der Waals surface area contributed by atoms with Crippen LogP contribution in [0.3, 0.4) is 0 Å². The van der Waals surface area contributed by atoms with Gasteiger partial charge < -0.3 is 10.2 Å². The Hall–Kier alpha value is -4.14. The van der Waals surface area contributed by atoms with E-state index < -0.39 is 28.5 Å². The van der Waals surface area contributed by atoms with Crippen molar-refractivity contribution in [1.82, 2.24) is 10.2 Å². The summed E-state index contributed by atoms with van der Waals surface area (Å²) < 4.78 is 29.1. The summed E-state index contributed by atoms with van der Waals surface area (Å²) in [5, 5.41) is 3.25. The quantitative estimate of drug-likeness (QED) is 0.214.